The normalized spacial score (nSPS) is 14.5. The van der Waals surface area contributed by atoms with Gasteiger partial charge in [-0.25, -0.2) is 4.39 Å². The molecule has 6 heavy (non-hydrogen) atoms. The number of hydrogen-bond donors (Lipinski definition) is 0. The van der Waals surface area contributed by atoms with Crippen molar-refractivity contribution < 1.29 is 4.39 Å². The van der Waals surface area contributed by atoms with Gasteiger partial charge >= 0.3 is 0 Å². The fourth-order valence-corrected chi connectivity index (χ4v) is 0.290. The minimum Gasteiger partial charge on any atom is -0.247 e. The molecule has 36 valence electrons. The van der Waals surface area contributed by atoms with E-state index >= 15 is 0 Å². The first kappa shape index (κ1) is 6.22. The van der Waals surface area contributed by atoms with Gasteiger partial charge in [0.15, 0.2) is 0 Å². The van der Waals surface area contributed by atoms with E-state index in [4.69, 9.17) is 11.6 Å². The molecular formula is C4H6ClF. The summed E-state index contributed by atoms with van der Waals surface area (Å²) in [5.74, 6) is 1.23. The van der Waals surface area contributed by atoms with E-state index in [1.807, 2.05) is 0 Å². The number of halogens is 2. The van der Waals surface area contributed by atoms with E-state index in [0.29, 0.717) is 0 Å². The molecule has 0 fully saturated rings. The summed E-state index contributed by atoms with van der Waals surface area (Å²) in [6.07, 6.45) is -0.802. The minimum atomic E-state index is -1.04. The lowest BCUT2D eigenvalue weighted by atomic mass is 10.3. The lowest BCUT2D eigenvalue weighted by Crippen LogP contribution is -1.87. The van der Waals surface area contributed by atoms with E-state index in [1.54, 1.807) is 0 Å². The molecule has 0 nitrogen and oxygen atoms in total. The quantitative estimate of drug-likeness (QED) is 0.507. The molecule has 0 aliphatic carbocycles. The van der Waals surface area contributed by atoms with E-state index in [0.717, 1.165) is 0 Å². The topological polar surface area (TPSA) is 0 Å². The van der Waals surface area contributed by atoms with Crippen LogP contribution in [0, 0.1) is 12.8 Å². The van der Waals surface area contributed by atoms with Crippen LogP contribution in [0.1, 0.15) is 6.42 Å². The van der Waals surface area contributed by atoms with E-state index in [9.17, 15) is 4.39 Å². The molecule has 0 aliphatic rings. The first-order chi connectivity index (χ1) is 2.77. The Bertz CT molecular complexity index is 28.7. The zero-order chi connectivity index (χ0) is 4.99. The molecule has 0 N–H and O–H groups in total. The average Bonchev–Trinajstić information content (AvgIpc) is 1.35. The third kappa shape index (κ3) is 4.22. The summed E-state index contributed by atoms with van der Waals surface area (Å²) in [6, 6.07) is 0. The largest absolute Gasteiger partial charge is 0.247 e. The van der Waals surface area contributed by atoms with Gasteiger partial charge in [0.25, 0.3) is 0 Å². The Morgan fingerprint density at radius 3 is 2.50 bits per heavy atom. The maximum absolute atomic E-state index is 11.5. The molecule has 0 amide bonds. The number of alkyl halides is 1. The molecule has 0 bridgehead atoms. The van der Waals surface area contributed by atoms with Crippen LogP contribution in [0.2, 0.25) is 0 Å². The molecule has 0 spiro atoms. The molecule has 0 heterocycles. The molecule has 0 saturated heterocycles. The lowest BCUT2D eigenvalue weighted by Gasteiger charge is -1.89. The Balaban J connectivity index is 2.63. The summed E-state index contributed by atoms with van der Waals surface area (Å²) in [7, 11) is 0. The summed E-state index contributed by atoms with van der Waals surface area (Å²) in [4.78, 5) is 0. The van der Waals surface area contributed by atoms with Crippen LogP contribution in [0.15, 0.2) is 0 Å². The van der Waals surface area contributed by atoms with Gasteiger partial charge in [0.1, 0.15) is 6.17 Å². The average molecular weight is 109 g/mol. The van der Waals surface area contributed by atoms with Crippen molar-refractivity contribution in [3.05, 3.63) is 12.8 Å². The monoisotopic (exact) mass is 108 g/mol. The maximum atomic E-state index is 11.5. The second-order valence-corrected chi connectivity index (χ2v) is 1.30. The molecule has 0 saturated carbocycles. The highest BCUT2D eigenvalue weighted by atomic mass is 35.5. The van der Waals surface area contributed by atoms with Gasteiger partial charge < -0.3 is 0 Å². The maximum Gasteiger partial charge on any atom is 0.102 e. The molecule has 0 rings (SSSR count). The van der Waals surface area contributed by atoms with Crippen LogP contribution in [0.25, 0.3) is 0 Å². The second kappa shape index (κ2) is 3.41. The number of rotatable bonds is 2. The van der Waals surface area contributed by atoms with Crippen molar-refractivity contribution in [2.45, 2.75) is 12.6 Å². The summed E-state index contributed by atoms with van der Waals surface area (Å²) in [6.45, 7) is 3.05. The van der Waals surface area contributed by atoms with Gasteiger partial charge in [-0.2, -0.15) is 0 Å². The standard InChI is InChI=1S/C4H6ClF/c1-4(6)2-3-5/h3-4H,1-2H2. The highest BCUT2D eigenvalue weighted by Gasteiger charge is 1.92. The Morgan fingerprint density at radius 2 is 2.50 bits per heavy atom. The molecule has 0 aliphatic heterocycles. The van der Waals surface area contributed by atoms with Gasteiger partial charge in [0, 0.05) is 0 Å². The summed E-state index contributed by atoms with van der Waals surface area (Å²) in [5, 5.41) is 0. The summed E-state index contributed by atoms with van der Waals surface area (Å²) < 4.78 is 11.5. The second-order valence-electron chi connectivity index (χ2n) is 0.987. The van der Waals surface area contributed by atoms with Crippen molar-refractivity contribution in [2.24, 2.45) is 0 Å². The molecule has 2 heteroatoms. The van der Waals surface area contributed by atoms with Crippen LogP contribution in [0.5, 0.6) is 0 Å². The Kier molecular flexibility index (Phi) is 3.54. The Hall–Kier alpha value is 0.220. The van der Waals surface area contributed by atoms with Gasteiger partial charge in [-0.05, 0) is 13.3 Å². The third-order valence-corrected chi connectivity index (χ3v) is 0.523. The van der Waals surface area contributed by atoms with E-state index < -0.39 is 6.17 Å². The molecule has 1 unspecified atom stereocenters. The molecule has 0 aromatic rings. The fourth-order valence-electron chi connectivity index (χ4n) is 0.0967. The van der Waals surface area contributed by atoms with Crippen molar-refractivity contribution in [1.29, 1.82) is 0 Å². The lowest BCUT2D eigenvalue weighted by molar-refractivity contribution is 0.397. The molecule has 0 aromatic heterocycles. The van der Waals surface area contributed by atoms with Crippen LogP contribution in [0.3, 0.4) is 0 Å². The smallest absolute Gasteiger partial charge is 0.102 e. The van der Waals surface area contributed by atoms with Crippen molar-refractivity contribution >= 4 is 11.6 Å². The third-order valence-electron chi connectivity index (χ3n) is 0.345. The minimum absolute atomic E-state index is 0.238. The highest BCUT2D eigenvalue weighted by Crippen LogP contribution is 1.99. The van der Waals surface area contributed by atoms with Crippen molar-refractivity contribution in [3.63, 3.8) is 0 Å². The van der Waals surface area contributed by atoms with Crippen LogP contribution >= 0.6 is 11.6 Å². The first-order valence-corrected chi connectivity index (χ1v) is 2.10. The van der Waals surface area contributed by atoms with E-state index in [2.05, 4.69) is 6.92 Å². The SMILES string of the molecule is [CH2]C(F)C[CH]Cl. The van der Waals surface area contributed by atoms with Crippen molar-refractivity contribution in [3.8, 4) is 0 Å². The van der Waals surface area contributed by atoms with Crippen molar-refractivity contribution in [2.75, 3.05) is 0 Å². The molecule has 0 aromatic carbocycles. The van der Waals surface area contributed by atoms with Crippen LogP contribution in [0.4, 0.5) is 4.39 Å². The number of hydrogen-bond acceptors (Lipinski definition) is 0. The van der Waals surface area contributed by atoms with Crippen LogP contribution < -0.4 is 0 Å². The summed E-state index contributed by atoms with van der Waals surface area (Å²) in [5.41, 5.74) is 0. The molecular weight excluding hydrogens is 102 g/mol. The van der Waals surface area contributed by atoms with E-state index in [1.165, 1.54) is 5.88 Å². The van der Waals surface area contributed by atoms with Gasteiger partial charge in [-0.15, -0.1) is 11.6 Å². The predicted molar refractivity (Wildman–Crippen MR) is 25.0 cm³/mol. The summed E-state index contributed by atoms with van der Waals surface area (Å²) >= 11 is 4.99. The highest BCUT2D eigenvalue weighted by molar-refractivity contribution is 6.23. The van der Waals surface area contributed by atoms with E-state index in [-0.39, 0.29) is 6.42 Å². The van der Waals surface area contributed by atoms with Gasteiger partial charge in [-0.3, -0.25) is 0 Å². The molecule has 1 atom stereocenters. The Morgan fingerprint density at radius 1 is 2.00 bits per heavy atom. The fraction of sp³-hybridized carbons (Fsp3) is 0.500. The predicted octanol–water partition coefficient (Wildman–Crippen LogP) is 1.95. The van der Waals surface area contributed by atoms with Crippen LogP contribution in [-0.2, 0) is 0 Å². The Labute approximate surface area is 42.3 Å². The van der Waals surface area contributed by atoms with Crippen molar-refractivity contribution in [1.82, 2.24) is 0 Å². The van der Waals surface area contributed by atoms with Gasteiger partial charge in [0.05, 0.1) is 5.88 Å². The van der Waals surface area contributed by atoms with Gasteiger partial charge in [-0.1, -0.05) is 0 Å². The first-order valence-electron chi connectivity index (χ1n) is 1.66. The zero-order valence-corrected chi connectivity index (χ0v) is 4.08. The van der Waals surface area contributed by atoms with Gasteiger partial charge in [0.2, 0.25) is 0 Å². The molecule has 2 radical (unpaired) electrons. The zero-order valence-electron chi connectivity index (χ0n) is 3.32. The van der Waals surface area contributed by atoms with Crippen LogP contribution in [-0.4, -0.2) is 6.17 Å².